The molecule has 0 fully saturated rings. The van der Waals surface area contributed by atoms with E-state index in [1.165, 1.54) is 11.3 Å². The smallest absolute Gasteiger partial charge is 0.304 e. The maximum atomic E-state index is 11.6. The molecular formula is C8H9N5O2S2. The van der Waals surface area contributed by atoms with Crippen LogP contribution in [-0.2, 0) is 6.54 Å². The Morgan fingerprint density at radius 2 is 2.35 bits per heavy atom. The summed E-state index contributed by atoms with van der Waals surface area (Å²) < 4.78 is 0. The third-order valence-electron chi connectivity index (χ3n) is 1.84. The topological polar surface area (TPSA) is 99.8 Å². The van der Waals surface area contributed by atoms with Crippen molar-refractivity contribution in [2.75, 3.05) is 12.4 Å². The molecule has 0 bridgehead atoms. The van der Waals surface area contributed by atoms with Crippen LogP contribution in [0, 0.1) is 0 Å². The summed E-state index contributed by atoms with van der Waals surface area (Å²) in [6, 6.07) is 0. The van der Waals surface area contributed by atoms with E-state index < -0.39 is 0 Å². The number of hydrogen-bond donors (Lipinski definition) is 3. The molecule has 2 aromatic rings. The van der Waals surface area contributed by atoms with Crippen molar-refractivity contribution in [2.24, 2.45) is 0 Å². The molecule has 2 rings (SSSR count). The molecule has 0 atom stereocenters. The van der Waals surface area contributed by atoms with Gasteiger partial charge in [-0.25, -0.2) is 0 Å². The van der Waals surface area contributed by atoms with Crippen molar-refractivity contribution in [2.45, 2.75) is 6.54 Å². The van der Waals surface area contributed by atoms with E-state index in [0.717, 1.165) is 11.3 Å². The number of rotatable bonds is 4. The van der Waals surface area contributed by atoms with Gasteiger partial charge in [0.2, 0.25) is 10.1 Å². The van der Waals surface area contributed by atoms with Crippen LogP contribution in [0.4, 0.5) is 5.13 Å². The van der Waals surface area contributed by atoms with Gasteiger partial charge in [-0.3, -0.25) is 9.59 Å². The number of carbonyl (C=O) groups excluding carboxylic acids is 1. The predicted molar refractivity (Wildman–Crippen MR) is 65.6 cm³/mol. The van der Waals surface area contributed by atoms with Gasteiger partial charge >= 0.3 is 4.87 Å². The summed E-state index contributed by atoms with van der Waals surface area (Å²) in [7, 11) is 1.71. The molecule has 0 aromatic carbocycles. The molecule has 0 radical (unpaired) electrons. The largest absolute Gasteiger partial charge is 0.363 e. The van der Waals surface area contributed by atoms with Crippen molar-refractivity contribution in [3.8, 4) is 0 Å². The standard InChI is InChI=1S/C8H9N5O2S2/c1-9-7-13-12-6(17-7)5(14)10-2-4-3-16-8(15)11-4/h3H,2H2,1H3,(H,9,13)(H,10,14)(H,11,15). The monoisotopic (exact) mass is 271 g/mol. The molecule has 7 nitrogen and oxygen atoms in total. The molecule has 0 aliphatic heterocycles. The number of aromatic amines is 1. The summed E-state index contributed by atoms with van der Waals surface area (Å²) in [5, 5.41) is 15.5. The number of anilines is 1. The van der Waals surface area contributed by atoms with Gasteiger partial charge in [-0.2, -0.15) is 0 Å². The van der Waals surface area contributed by atoms with Gasteiger partial charge in [0, 0.05) is 18.1 Å². The Morgan fingerprint density at radius 1 is 1.53 bits per heavy atom. The SMILES string of the molecule is CNc1nnc(C(=O)NCc2csc(=O)[nH]2)s1. The molecule has 9 heteroatoms. The number of H-pyrrole nitrogens is 1. The molecule has 0 saturated heterocycles. The van der Waals surface area contributed by atoms with Gasteiger partial charge in [-0.15, -0.1) is 10.2 Å². The lowest BCUT2D eigenvalue weighted by Gasteiger charge is -1.98. The van der Waals surface area contributed by atoms with Gasteiger partial charge < -0.3 is 15.6 Å². The van der Waals surface area contributed by atoms with Gasteiger partial charge in [0.25, 0.3) is 5.91 Å². The Labute approximate surface area is 104 Å². The summed E-state index contributed by atoms with van der Waals surface area (Å²) in [4.78, 5) is 25.0. The fraction of sp³-hybridized carbons (Fsp3) is 0.250. The van der Waals surface area contributed by atoms with Crippen LogP contribution in [0.25, 0.3) is 0 Å². The third kappa shape index (κ3) is 2.88. The highest BCUT2D eigenvalue weighted by Crippen LogP contribution is 2.13. The highest BCUT2D eigenvalue weighted by atomic mass is 32.1. The quantitative estimate of drug-likeness (QED) is 0.740. The number of thiazole rings is 1. The van der Waals surface area contributed by atoms with Gasteiger partial charge in [-0.1, -0.05) is 22.7 Å². The fourth-order valence-electron chi connectivity index (χ4n) is 1.07. The molecule has 0 saturated carbocycles. The molecule has 1 amide bonds. The lowest BCUT2D eigenvalue weighted by atomic mass is 10.5. The van der Waals surface area contributed by atoms with Gasteiger partial charge in [-0.05, 0) is 0 Å². The molecule has 0 unspecified atom stereocenters. The summed E-state index contributed by atoms with van der Waals surface area (Å²) in [6.45, 7) is 0.270. The Kier molecular flexibility index (Phi) is 3.49. The van der Waals surface area contributed by atoms with Crippen LogP contribution >= 0.6 is 22.7 Å². The zero-order chi connectivity index (χ0) is 12.3. The molecule has 0 aliphatic carbocycles. The van der Waals surface area contributed by atoms with Crippen molar-refractivity contribution >= 4 is 33.7 Å². The lowest BCUT2D eigenvalue weighted by molar-refractivity contribution is 0.0949. The average Bonchev–Trinajstić information content (AvgIpc) is 2.94. The fourth-order valence-corrected chi connectivity index (χ4v) is 2.26. The van der Waals surface area contributed by atoms with Gasteiger partial charge in [0.05, 0.1) is 6.54 Å². The Balaban J connectivity index is 1.95. The highest BCUT2D eigenvalue weighted by molar-refractivity contribution is 7.17. The normalized spacial score (nSPS) is 10.2. The molecule has 2 heterocycles. The van der Waals surface area contributed by atoms with E-state index in [2.05, 4.69) is 25.8 Å². The number of hydrogen-bond acceptors (Lipinski definition) is 7. The summed E-state index contributed by atoms with van der Waals surface area (Å²) in [5.74, 6) is -0.309. The first-order valence-electron chi connectivity index (χ1n) is 4.65. The Hall–Kier alpha value is -1.74. The van der Waals surface area contributed by atoms with Crippen molar-refractivity contribution < 1.29 is 4.79 Å². The van der Waals surface area contributed by atoms with Crippen LogP contribution in [0.1, 0.15) is 15.5 Å². The number of aromatic nitrogens is 3. The van der Waals surface area contributed by atoms with E-state index >= 15 is 0 Å². The zero-order valence-electron chi connectivity index (χ0n) is 8.81. The molecule has 17 heavy (non-hydrogen) atoms. The number of nitrogens with zero attached hydrogens (tertiary/aromatic N) is 2. The summed E-state index contributed by atoms with van der Waals surface area (Å²) in [6.07, 6.45) is 0. The first-order chi connectivity index (χ1) is 8.19. The minimum absolute atomic E-state index is 0.136. The summed E-state index contributed by atoms with van der Waals surface area (Å²) >= 11 is 2.23. The molecule has 3 N–H and O–H groups in total. The highest BCUT2D eigenvalue weighted by Gasteiger charge is 2.11. The van der Waals surface area contributed by atoms with Crippen LogP contribution in [0.5, 0.6) is 0 Å². The average molecular weight is 271 g/mol. The van der Waals surface area contributed by atoms with E-state index in [1.807, 2.05) is 0 Å². The van der Waals surface area contributed by atoms with E-state index in [1.54, 1.807) is 12.4 Å². The number of amides is 1. The van der Waals surface area contributed by atoms with Gasteiger partial charge in [0.1, 0.15) is 0 Å². The minimum atomic E-state index is -0.309. The van der Waals surface area contributed by atoms with Crippen LogP contribution in [0.15, 0.2) is 10.2 Å². The maximum Gasteiger partial charge on any atom is 0.304 e. The zero-order valence-corrected chi connectivity index (χ0v) is 10.4. The van der Waals surface area contributed by atoms with Crippen molar-refractivity contribution in [1.82, 2.24) is 20.5 Å². The van der Waals surface area contributed by atoms with Gasteiger partial charge in [0.15, 0.2) is 0 Å². The van der Waals surface area contributed by atoms with Crippen molar-refractivity contribution in [3.05, 3.63) is 25.7 Å². The third-order valence-corrected chi connectivity index (χ3v) is 3.50. The lowest BCUT2D eigenvalue weighted by Crippen LogP contribution is -2.23. The van der Waals surface area contributed by atoms with Crippen molar-refractivity contribution in [1.29, 1.82) is 0 Å². The van der Waals surface area contributed by atoms with E-state index in [4.69, 9.17) is 0 Å². The second kappa shape index (κ2) is 5.06. The molecule has 90 valence electrons. The molecule has 0 aliphatic rings. The maximum absolute atomic E-state index is 11.6. The first-order valence-corrected chi connectivity index (χ1v) is 6.35. The van der Waals surface area contributed by atoms with Crippen LogP contribution in [0.2, 0.25) is 0 Å². The molecule has 2 aromatic heterocycles. The van der Waals surface area contributed by atoms with Crippen molar-refractivity contribution in [3.63, 3.8) is 0 Å². The number of nitrogens with one attached hydrogen (secondary N) is 3. The second-order valence-electron chi connectivity index (χ2n) is 3.02. The van der Waals surface area contributed by atoms with Crippen LogP contribution in [-0.4, -0.2) is 28.1 Å². The van der Waals surface area contributed by atoms with E-state index in [-0.39, 0.29) is 22.3 Å². The molecular weight excluding hydrogens is 262 g/mol. The summed E-state index contributed by atoms with van der Waals surface area (Å²) in [5.41, 5.74) is 0.673. The van der Waals surface area contributed by atoms with E-state index in [9.17, 15) is 9.59 Å². The minimum Gasteiger partial charge on any atom is -0.363 e. The predicted octanol–water partition coefficient (Wildman–Crippen LogP) is 0.260. The van der Waals surface area contributed by atoms with Crippen LogP contribution < -0.4 is 15.5 Å². The molecule has 0 spiro atoms. The Bertz CT molecular complexity index is 572. The Morgan fingerprint density at radius 3 is 2.94 bits per heavy atom. The first kappa shape index (κ1) is 11.7. The van der Waals surface area contributed by atoms with E-state index in [0.29, 0.717) is 10.8 Å². The second-order valence-corrected chi connectivity index (χ2v) is 4.84. The van der Waals surface area contributed by atoms with Crippen LogP contribution in [0.3, 0.4) is 0 Å². The number of carbonyl (C=O) groups is 1.